The molecule has 5 nitrogen and oxygen atoms in total. The number of aromatic nitrogens is 1. The predicted molar refractivity (Wildman–Crippen MR) is 111 cm³/mol. The number of aldehydes is 1. The molecule has 0 aliphatic carbocycles. The van der Waals surface area contributed by atoms with Crippen molar-refractivity contribution in [1.29, 1.82) is 0 Å². The molecule has 142 valence electrons. The molecule has 0 bridgehead atoms. The van der Waals surface area contributed by atoms with Gasteiger partial charge in [-0.15, -0.1) is 0 Å². The van der Waals surface area contributed by atoms with Crippen molar-refractivity contribution in [2.45, 2.75) is 12.5 Å². The molecule has 7 heteroatoms. The van der Waals surface area contributed by atoms with Crippen LogP contribution in [-0.2, 0) is 11.2 Å². The van der Waals surface area contributed by atoms with Gasteiger partial charge < -0.3 is 20.2 Å². The molecule has 0 radical (unpaired) electrons. The monoisotopic (exact) mass is 413 g/mol. The lowest BCUT2D eigenvalue weighted by Crippen LogP contribution is -2.36. The Kier molecular flexibility index (Phi) is 5.11. The molecule has 1 aromatic heterocycles. The Bertz CT molecular complexity index is 1000. The highest BCUT2D eigenvalue weighted by molar-refractivity contribution is 6.37. The van der Waals surface area contributed by atoms with Crippen molar-refractivity contribution in [1.82, 2.24) is 4.98 Å². The third-order valence-corrected chi connectivity index (χ3v) is 5.32. The zero-order valence-corrected chi connectivity index (χ0v) is 16.3. The molecule has 1 unspecified atom stereocenters. The van der Waals surface area contributed by atoms with E-state index >= 15 is 0 Å². The zero-order valence-electron chi connectivity index (χ0n) is 14.8. The summed E-state index contributed by atoms with van der Waals surface area (Å²) in [5.74, 6) is 0.966. The number of carbonyl (C=O) groups excluding carboxylic acids is 1. The number of nitrogen functional groups attached to an aromatic ring is 1. The summed E-state index contributed by atoms with van der Waals surface area (Å²) in [7, 11) is 0. The highest BCUT2D eigenvalue weighted by atomic mass is 35.5. The van der Waals surface area contributed by atoms with Crippen molar-refractivity contribution < 1.29 is 9.53 Å². The molecule has 0 fully saturated rings. The van der Waals surface area contributed by atoms with Crippen LogP contribution in [0.15, 0.2) is 54.9 Å². The number of carbonyl (C=O) groups is 1. The van der Waals surface area contributed by atoms with Crippen molar-refractivity contribution in [3.63, 3.8) is 0 Å². The number of pyridine rings is 1. The summed E-state index contributed by atoms with van der Waals surface area (Å²) in [4.78, 5) is 18.0. The smallest absolute Gasteiger partial charge is 0.164 e. The number of anilines is 2. The summed E-state index contributed by atoms with van der Waals surface area (Å²) < 4.78 is 5.91. The molecule has 3 aromatic rings. The molecule has 0 saturated heterocycles. The van der Waals surface area contributed by atoms with Gasteiger partial charge in [0, 0.05) is 30.3 Å². The number of nitrogens with two attached hydrogens (primary N) is 1. The number of halogens is 2. The Balaban J connectivity index is 1.64. The number of fused-ring (bicyclic) bond motifs is 1. The first-order valence-corrected chi connectivity index (χ1v) is 9.49. The van der Waals surface area contributed by atoms with Crippen LogP contribution >= 0.6 is 23.2 Å². The van der Waals surface area contributed by atoms with Gasteiger partial charge in [-0.25, -0.2) is 0 Å². The average Bonchev–Trinajstić information content (AvgIpc) is 2.70. The lowest BCUT2D eigenvalue weighted by Gasteiger charge is -2.36. The van der Waals surface area contributed by atoms with E-state index in [1.165, 1.54) is 0 Å². The van der Waals surface area contributed by atoms with Crippen LogP contribution in [0.25, 0.3) is 0 Å². The second-order valence-electron chi connectivity index (χ2n) is 6.51. The van der Waals surface area contributed by atoms with Crippen molar-refractivity contribution >= 4 is 40.9 Å². The Morgan fingerprint density at radius 3 is 2.50 bits per heavy atom. The van der Waals surface area contributed by atoms with E-state index in [4.69, 9.17) is 33.7 Å². The molecule has 0 saturated carbocycles. The Morgan fingerprint density at radius 1 is 1.11 bits per heavy atom. The van der Waals surface area contributed by atoms with Gasteiger partial charge in [-0.1, -0.05) is 29.3 Å². The minimum absolute atomic E-state index is 0.345. The Labute approximate surface area is 172 Å². The second-order valence-corrected chi connectivity index (χ2v) is 7.32. The molecular weight excluding hydrogens is 397 g/mol. The molecule has 1 aliphatic rings. The van der Waals surface area contributed by atoms with E-state index in [1.54, 1.807) is 24.5 Å². The fourth-order valence-corrected chi connectivity index (χ4v) is 4.05. The van der Waals surface area contributed by atoms with Crippen molar-refractivity contribution in [2.75, 3.05) is 17.2 Å². The fourth-order valence-electron chi connectivity index (χ4n) is 3.47. The van der Waals surface area contributed by atoms with Crippen LogP contribution < -0.4 is 15.4 Å². The molecule has 2 aromatic carbocycles. The summed E-state index contributed by atoms with van der Waals surface area (Å²) >= 11 is 12.4. The lowest BCUT2D eigenvalue weighted by atomic mass is 9.92. The summed E-state index contributed by atoms with van der Waals surface area (Å²) in [6, 6.07) is 12.3. The first-order chi connectivity index (χ1) is 13.6. The largest absolute Gasteiger partial charge is 0.454 e. The van der Waals surface area contributed by atoms with E-state index in [9.17, 15) is 4.79 Å². The zero-order chi connectivity index (χ0) is 19.7. The van der Waals surface area contributed by atoms with E-state index in [0.717, 1.165) is 29.5 Å². The van der Waals surface area contributed by atoms with E-state index < -0.39 is 0 Å². The highest BCUT2D eigenvalue weighted by Gasteiger charge is 2.27. The fraction of sp³-hybridized carbons (Fsp3) is 0.143. The maximum absolute atomic E-state index is 11.9. The SMILES string of the molecule is Nc1cc(Cl)c(Oc2ccc3c(c2)CCN(c2ccncc2)C3C=O)c(Cl)c1. The van der Waals surface area contributed by atoms with Gasteiger partial charge in [-0.05, 0) is 53.9 Å². The third-order valence-electron chi connectivity index (χ3n) is 4.75. The van der Waals surface area contributed by atoms with Crippen LogP contribution in [0.5, 0.6) is 11.5 Å². The van der Waals surface area contributed by atoms with Crippen LogP contribution in [0, 0.1) is 0 Å². The molecule has 0 spiro atoms. The molecule has 28 heavy (non-hydrogen) atoms. The van der Waals surface area contributed by atoms with Gasteiger partial charge in [0.05, 0.1) is 10.0 Å². The minimum Gasteiger partial charge on any atom is -0.454 e. The van der Waals surface area contributed by atoms with Crippen LogP contribution in [0.3, 0.4) is 0 Å². The normalized spacial score (nSPS) is 15.8. The standard InChI is InChI=1S/C21H17Cl2N3O2/c22-18-10-14(24)11-19(23)21(18)28-16-1-2-17-13(9-16)5-8-26(20(17)12-27)15-3-6-25-7-4-15/h1-4,6-7,9-12,20H,5,8,24H2. The van der Waals surface area contributed by atoms with E-state index in [2.05, 4.69) is 9.88 Å². The maximum Gasteiger partial charge on any atom is 0.164 e. The van der Waals surface area contributed by atoms with Crippen molar-refractivity contribution in [3.05, 3.63) is 76.0 Å². The van der Waals surface area contributed by atoms with Crippen LogP contribution in [0.1, 0.15) is 17.2 Å². The number of ether oxygens (including phenoxy) is 1. The Hall–Kier alpha value is -2.76. The molecule has 2 N–H and O–H groups in total. The van der Waals surface area contributed by atoms with Gasteiger partial charge in [-0.2, -0.15) is 0 Å². The quantitative estimate of drug-likeness (QED) is 0.477. The molecule has 4 rings (SSSR count). The number of benzene rings is 2. The number of hydrogen-bond donors (Lipinski definition) is 1. The number of hydrogen-bond acceptors (Lipinski definition) is 5. The molecule has 0 amide bonds. The van der Waals surface area contributed by atoms with E-state index in [-0.39, 0.29) is 6.04 Å². The topological polar surface area (TPSA) is 68.5 Å². The first-order valence-electron chi connectivity index (χ1n) is 8.74. The maximum atomic E-state index is 11.9. The van der Waals surface area contributed by atoms with Gasteiger partial charge >= 0.3 is 0 Å². The summed E-state index contributed by atoms with van der Waals surface area (Å²) in [6.07, 6.45) is 5.20. The lowest BCUT2D eigenvalue weighted by molar-refractivity contribution is -0.109. The van der Waals surface area contributed by atoms with Gasteiger partial charge in [0.2, 0.25) is 0 Å². The second kappa shape index (κ2) is 7.70. The van der Waals surface area contributed by atoms with Crippen molar-refractivity contribution in [2.24, 2.45) is 0 Å². The van der Waals surface area contributed by atoms with E-state index in [0.29, 0.717) is 33.8 Å². The summed E-state index contributed by atoms with van der Waals surface area (Å²) in [5.41, 5.74) is 9.20. The van der Waals surface area contributed by atoms with Gasteiger partial charge in [0.15, 0.2) is 5.75 Å². The van der Waals surface area contributed by atoms with Crippen LogP contribution in [-0.4, -0.2) is 17.8 Å². The van der Waals surface area contributed by atoms with Crippen molar-refractivity contribution in [3.8, 4) is 11.5 Å². The molecule has 1 aliphatic heterocycles. The third kappa shape index (κ3) is 3.51. The van der Waals surface area contributed by atoms with Crippen LogP contribution in [0.2, 0.25) is 10.0 Å². The minimum atomic E-state index is -0.358. The first kappa shape index (κ1) is 18.6. The molecule has 1 atom stereocenters. The van der Waals surface area contributed by atoms with Crippen LogP contribution in [0.4, 0.5) is 11.4 Å². The number of nitrogens with zero attached hydrogens (tertiary/aromatic N) is 2. The summed E-state index contributed by atoms with van der Waals surface area (Å²) in [6.45, 7) is 0.716. The van der Waals surface area contributed by atoms with Gasteiger partial charge in [-0.3, -0.25) is 4.98 Å². The predicted octanol–water partition coefficient (Wildman–Crippen LogP) is 5.07. The van der Waals surface area contributed by atoms with E-state index in [1.807, 2.05) is 30.3 Å². The molecule has 2 heterocycles. The van der Waals surface area contributed by atoms with Gasteiger partial charge in [0.25, 0.3) is 0 Å². The number of rotatable bonds is 4. The molecular formula is C21H17Cl2N3O2. The highest BCUT2D eigenvalue weighted by Crippen LogP contribution is 2.40. The average molecular weight is 414 g/mol. The Morgan fingerprint density at radius 2 is 1.82 bits per heavy atom. The van der Waals surface area contributed by atoms with Gasteiger partial charge in [0.1, 0.15) is 18.1 Å². The summed E-state index contributed by atoms with van der Waals surface area (Å²) in [5, 5.41) is 0.690.